The molecule has 3 aromatic carbocycles. The van der Waals surface area contributed by atoms with Crippen molar-refractivity contribution >= 4 is 0 Å². The summed E-state index contributed by atoms with van der Waals surface area (Å²) < 4.78 is 15.5. The highest BCUT2D eigenvalue weighted by atomic mass is 16.7. The number of aryl methyl sites for hydroxylation is 2. The number of fused-ring (bicyclic) bond motifs is 6. The van der Waals surface area contributed by atoms with E-state index in [1.54, 1.807) is 0 Å². The van der Waals surface area contributed by atoms with Crippen LogP contribution in [0.5, 0.6) is 11.5 Å². The summed E-state index contributed by atoms with van der Waals surface area (Å²) in [5.74, 6) is 2.29. The van der Waals surface area contributed by atoms with Crippen molar-refractivity contribution in [1.29, 1.82) is 0 Å². The lowest BCUT2D eigenvalue weighted by atomic mass is 10.0. The van der Waals surface area contributed by atoms with Crippen LogP contribution in [0.2, 0.25) is 0 Å². The first-order chi connectivity index (χ1) is 16.7. The molecule has 0 saturated heterocycles. The second kappa shape index (κ2) is 7.05. The van der Waals surface area contributed by atoms with Gasteiger partial charge in [-0.25, -0.2) is 9.67 Å². The summed E-state index contributed by atoms with van der Waals surface area (Å²) in [6, 6.07) is 21.1. The van der Waals surface area contributed by atoms with Crippen molar-refractivity contribution in [2.24, 2.45) is 0 Å². The van der Waals surface area contributed by atoms with Gasteiger partial charge in [-0.3, -0.25) is 0 Å². The highest BCUT2D eigenvalue weighted by molar-refractivity contribution is 5.85. The summed E-state index contributed by atoms with van der Waals surface area (Å²) >= 11 is 0. The van der Waals surface area contributed by atoms with Gasteiger partial charge in [0, 0.05) is 22.8 Å². The molecule has 0 aliphatic carbocycles. The zero-order valence-electron chi connectivity index (χ0n) is 18.8. The van der Waals surface area contributed by atoms with Crippen molar-refractivity contribution in [1.82, 2.24) is 24.5 Å². The van der Waals surface area contributed by atoms with Gasteiger partial charge in [0.2, 0.25) is 6.79 Å². The zero-order chi connectivity index (χ0) is 22.8. The van der Waals surface area contributed by atoms with Crippen LogP contribution in [0, 0.1) is 13.8 Å². The minimum absolute atomic E-state index is 0.208. The first-order valence-electron chi connectivity index (χ1n) is 11.2. The second-order valence-corrected chi connectivity index (χ2v) is 8.81. The van der Waals surface area contributed by atoms with Crippen molar-refractivity contribution in [3.8, 4) is 51.1 Å². The average Bonchev–Trinajstić information content (AvgIpc) is 3.57. The fourth-order valence-corrected chi connectivity index (χ4v) is 4.74. The van der Waals surface area contributed by atoms with Gasteiger partial charge in [-0.15, -0.1) is 5.10 Å². The van der Waals surface area contributed by atoms with E-state index in [0.717, 1.165) is 45.3 Å². The first kappa shape index (κ1) is 19.1. The Balaban J connectivity index is 1.56. The molecule has 0 atom stereocenters. The van der Waals surface area contributed by atoms with E-state index in [1.165, 1.54) is 11.1 Å². The molecule has 7 rings (SSSR count). The molecule has 0 N–H and O–H groups in total. The van der Waals surface area contributed by atoms with E-state index < -0.39 is 0 Å². The Labute approximate surface area is 196 Å². The maximum atomic E-state index is 5.72. The predicted molar refractivity (Wildman–Crippen MR) is 128 cm³/mol. The quantitative estimate of drug-likeness (QED) is 0.366. The van der Waals surface area contributed by atoms with Gasteiger partial charge in [0.1, 0.15) is 5.82 Å². The molecule has 0 unspecified atom stereocenters. The van der Waals surface area contributed by atoms with Crippen LogP contribution in [-0.4, -0.2) is 31.3 Å². The Morgan fingerprint density at radius 2 is 1.50 bits per heavy atom. The summed E-state index contributed by atoms with van der Waals surface area (Å²) in [7, 11) is 0. The Hall–Kier alpha value is -4.39. The summed E-state index contributed by atoms with van der Waals surface area (Å²) in [4.78, 5) is 5.24. The molecule has 7 heteroatoms. The maximum absolute atomic E-state index is 5.72. The molecular formula is C27H21N5O2. The molecule has 2 aliphatic heterocycles. The number of hydrogen-bond donors (Lipinski definition) is 0. The van der Waals surface area contributed by atoms with Crippen LogP contribution in [0.4, 0.5) is 0 Å². The van der Waals surface area contributed by atoms with E-state index in [-0.39, 0.29) is 6.79 Å². The molecule has 5 aromatic rings. The van der Waals surface area contributed by atoms with Gasteiger partial charge in [-0.2, -0.15) is 0 Å². The smallest absolute Gasteiger partial charge is 0.231 e. The topological polar surface area (TPSA) is 67.0 Å². The van der Waals surface area contributed by atoms with E-state index >= 15 is 0 Å². The van der Waals surface area contributed by atoms with E-state index in [0.29, 0.717) is 18.0 Å². The van der Waals surface area contributed by atoms with Crippen LogP contribution in [0.1, 0.15) is 16.8 Å². The average molecular weight is 447 g/mol. The highest BCUT2D eigenvalue weighted by Crippen LogP contribution is 2.44. The minimum atomic E-state index is 0.208. The third-order valence-corrected chi connectivity index (χ3v) is 6.52. The number of rotatable bonds is 2. The van der Waals surface area contributed by atoms with Crippen LogP contribution < -0.4 is 9.47 Å². The lowest BCUT2D eigenvalue weighted by Crippen LogP contribution is -2.05. The zero-order valence-corrected chi connectivity index (χ0v) is 18.8. The molecule has 2 aliphatic rings. The Bertz CT molecular complexity index is 1560. The molecule has 0 radical (unpaired) electrons. The Kier molecular flexibility index (Phi) is 3.96. The molecular weight excluding hydrogens is 426 g/mol. The molecule has 0 spiro atoms. The van der Waals surface area contributed by atoms with Crippen LogP contribution >= 0.6 is 0 Å². The SMILES string of the molecule is Cc1ccc(-c2nc3n(c2-c2ccc(C)cc2)Cc2cnnn2-c2cc4c(cc2-3)OCO4)cc1. The normalized spacial score (nSPS) is 13.2. The molecule has 0 fully saturated rings. The van der Waals surface area contributed by atoms with Crippen molar-refractivity contribution < 1.29 is 9.47 Å². The molecule has 2 aromatic heterocycles. The number of ether oxygens (including phenoxy) is 2. The van der Waals surface area contributed by atoms with E-state index in [4.69, 9.17) is 14.5 Å². The van der Waals surface area contributed by atoms with Crippen molar-refractivity contribution in [2.75, 3.05) is 6.79 Å². The van der Waals surface area contributed by atoms with Crippen LogP contribution in [-0.2, 0) is 6.54 Å². The van der Waals surface area contributed by atoms with Gasteiger partial charge in [0.05, 0.1) is 35.5 Å². The van der Waals surface area contributed by atoms with Crippen LogP contribution in [0.3, 0.4) is 0 Å². The molecule has 0 amide bonds. The fraction of sp³-hybridized carbons (Fsp3) is 0.148. The first-order valence-corrected chi connectivity index (χ1v) is 11.2. The van der Waals surface area contributed by atoms with Gasteiger partial charge >= 0.3 is 0 Å². The third kappa shape index (κ3) is 2.80. The van der Waals surface area contributed by atoms with Gasteiger partial charge < -0.3 is 14.0 Å². The fourth-order valence-electron chi connectivity index (χ4n) is 4.74. The molecule has 4 heterocycles. The monoisotopic (exact) mass is 447 g/mol. The third-order valence-electron chi connectivity index (χ3n) is 6.52. The Morgan fingerprint density at radius 1 is 0.824 bits per heavy atom. The second-order valence-electron chi connectivity index (χ2n) is 8.81. The molecule has 7 nitrogen and oxygen atoms in total. The van der Waals surface area contributed by atoms with E-state index in [2.05, 4.69) is 77.3 Å². The minimum Gasteiger partial charge on any atom is -0.454 e. The number of nitrogens with zero attached hydrogens (tertiary/aromatic N) is 5. The summed E-state index contributed by atoms with van der Waals surface area (Å²) in [5, 5.41) is 8.59. The lowest BCUT2D eigenvalue weighted by Gasteiger charge is -2.11. The predicted octanol–water partition coefficient (Wildman–Crippen LogP) is 5.17. The summed E-state index contributed by atoms with van der Waals surface area (Å²) in [5.41, 5.74) is 9.43. The van der Waals surface area contributed by atoms with Gasteiger partial charge in [-0.1, -0.05) is 64.9 Å². The van der Waals surface area contributed by atoms with Crippen LogP contribution in [0.15, 0.2) is 66.9 Å². The van der Waals surface area contributed by atoms with Gasteiger partial charge in [-0.05, 0) is 19.9 Å². The maximum Gasteiger partial charge on any atom is 0.231 e. The van der Waals surface area contributed by atoms with Crippen molar-refractivity contribution in [2.45, 2.75) is 20.4 Å². The number of benzene rings is 3. The Morgan fingerprint density at radius 3 is 2.24 bits per heavy atom. The number of hydrogen-bond acceptors (Lipinski definition) is 5. The lowest BCUT2D eigenvalue weighted by molar-refractivity contribution is 0.174. The summed E-state index contributed by atoms with van der Waals surface area (Å²) in [6.45, 7) is 5.00. The molecule has 0 saturated carbocycles. The number of imidazole rings is 1. The number of aromatic nitrogens is 5. The van der Waals surface area contributed by atoms with E-state index in [1.807, 2.05) is 23.0 Å². The molecule has 166 valence electrons. The molecule has 34 heavy (non-hydrogen) atoms. The highest BCUT2D eigenvalue weighted by Gasteiger charge is 2.30. The standard InChI is InChI=1S/C27H21N5O2/c1-16-3-7-18(8-4-16)25-26(19-9-5-17(2)6-10-19)31-14-20-13-28-30-32(20)22-12-24-23(33-15-34-24)11-21(22)27(31)29-25/h3-13H,14-15H2,1-2H3. The molecule has 0 bridgehead atoms. The van der Waals surface area contributed by atoms with Crippen LogP contribution in [0.25, 0.3) is 39.6 Å². The van der Waals surface area contributed by atoms with Crippen molar-refractivity contribution in [3.63, 3.8) is 0 Å². The largest absolute Gasteiger partial charge is 0.454 e. The van der Waals surface area contributed by atoms with Gasteiger partial charge in [0.15, 0.2) is 11.5 Å². The van der Waals surface area contributed by atoms with E-state index in [9.17, 15) is 0 Å². The summed E-state index contributed by atoms with van der Waals surface area (Å²) in [6.07, 6.45) is 1.81. The van der Waals surface area contributed by atoms with Crippen molar-refractivity contribution in [3.05, 3.63) is 83.7 Å². The van der Waals surface area contributed by atoms with Gasteiger partial charge in [0.25, 0.3) is 0 Å².